The zero-order chi connectivity index (χ0) is 10.5. The summed E-state index contributed by atoms with van der Waals surface area (Å²) in [5, 5.41) is 0. The molecule has 0 spiro atoms. The Morgan fingerprint density at radius 2 is 2.00 bits per heavy atom. The van der Waals surface area contributed by atoms with E-state index < -0.39 is 0 Å². The van der Waals surface area contributed by atoms with E-state index in [9.17, 15) is 4.79 Å². The maximum atomic E-state index is 11.6. The first-order valence-electron chi connectivity index (χ1n) is 5.24. The molecule has 1 atom stereocenters. The number of benzene rings is 1. The minimum atomic E-state index is 0.0105. The molecule has 1 aromatic carbocycles. The van der Waals surface area contributed by atoms with Gasteiger partial charge in [-0.05, 0) is 0 Å². The van der Waals surface area contributed by atoms with Crippen molar-refractivity contribution in [3.8, 4) is 0 Å². The molecular weight excluding hydrogens is 255 g/mol. The molecule has 0 bridgehead atoms. The fourth-order valence-corrected chi connectivity index (χ4v) is 3.88. The van der Waals surface area contributed by atoms with Crippen molar-refractivity contribution < 1.29 is 9.53 Å². The Labute approximate surface area is 96.2 Å². The topological polar surface area (TPSA) is 26.3 Å². The van der Waals surface area contributed by atoms with Gasteiger partial charge in [-0.3, -0.25) is 0 Å². The van der Waals surface area contributed by atoms with E-state index in [1.54, 1.807) is 0 Å². The third-order valence-electron chi connectivity index (χ3n) is 2.39. The fraction of sp³-hybridized carbons (Fsp3) is 0.417. The van der Waals surface area contributed by atoms with E-state index in [0.29, 0.717) is 6.61 Å². The molecule has 2 rings (SSSR count). The van der Waals surface area contributed by atoms with Crippen LogP contribution in [0.4, 0.5) is 0 Å². The second-order valence-electron chi connectivity index (χ2n) is 3.58. The van der Waals surface area contributed by atoms with Gasteiger partial charge >= 0.3 is 95.9 Å². The molecule has 0 saturated carbocycles. The molecule has 1 aliphatic heterocycles. The Bertz CT molecular complexity index is 324. The SMILES string of the molecule is O=C1OCCCCC1[Se]c1ccccc1. The van der Waals surface area contributed by atoms with Crippen LogP contribution < -0.4 is 4.46 Å². The molecule has 0 N–H and O–H groups in total. The van der Waals surface area contributed by atoms with Crippen LogP contribution in [0.2, 0.25) is 4.82 Å². The summed E-state index contributed by atoms with van der Waals surface area (Å²) in [7, 11) is 0. The van der Waals surface area contributed by atoms with Gasteiger partial charge in [0.2, 0.25) is 0 Å². The standard InChI is InChI=1S/C12H14O2Se/c13-12-11(8-4-5-9-14-12)15-10-6-2-1-3-7-10/h1-3,6-7,11H,4-5,8-9H2. The van der Waals surface area contributed by atoms with E-state index in [0.717, 1.165) is 19.3 Å². The molecule has 1 heterocycles. The average Bonchev–Trinajstić information content (AvgIpc) is 2.46. The van der Waals surface area contributed by atoms with Crippen LogP contribution in [0, 0.1) is 0 Å². The molecule has 0 radical (unpaired) electrons. The molecule has 1 aliphatic rings. The second-order valence-corrected chi connectivity index (χ2v) is 6.26. The van der Waals surface area contributed by atoms with E-state index in [-0.39, 0.29) is 25.7 Å². The van der Waals surface area contributed by atoms with Crippen LogP contribution in [0.15, 0.2) is 30.3 Å². The number of hydrogen-bond donors (Lipinski definition) is 0. The summed E-state index contributed by atoms with van der Waals surface area (Å²) in [6.45, 7) is 0.611. The van der Waals surface area contributed by atoms with Crippen LogP contribution in [-0.2, 0) is 9.53 Å². The Morgan fingerprint density at radius 3 is 2.80 bits per heavy atom. The predicted molar refractivity (Wildman–Crippen MR) is 60.4 cm³/mol. The Kier molecular flexibility index (Phi) is 3.81. The molecule has 1 aromatic rings. The Morgan fingerprint density at radius 1 is 1.20 bits per heavy atom. The maximum absolute atomic E-state index is 11.6. The normalized spacial score (nSPS) is 21.9. The van der Waals surface area contributed by atoms with Crippen LogP contribution >= 0.6 is 0 Å². The Hall–Kier alpha value is -0.791. The van der Waals surface area contributed by atoms with Crippen molar-refractivity contribution in [2.45, 2.75) is 24.1 Å². The molecule has 2 nitrogen and oxygen atoms in total. The quantitative estimate of drug-likeness (QED) is 0.601. The van der Waals surface area contributed by atoms with Gasteiger partial charge in [0.1, 0.15) is 0 Å². The van der Waals surface area contributed by atoms with Crippen molar-refractivity contribution in [2.75, 3.05) is 6.61 Å². The van der Waals surface area contributed by atoms with Crippen LogP contribution in [0.3, 0.4) is 0 Å². The first-order valence-corrected chi connectivity index (χ1v) is 7.09. The number of carbonyl (C=O) groups is 1. The van der Waals surface area contributed by atoms with Gasteiger partial charge < -0.3 is 0 Å². The van der Waals surface area contributed by atoms with Crippen LogP contribution in [0.5, 0.6) is 0 Å². The molecule has 15 heavy (non-hydrogen) atoms. The predicted octanol–water partition coefficient (Wildman–Crippen LogP) is 1.53. The summed E-state index contributed by atoms with van der Waals surface area (Å²) >= 11 is 0.225. The van der Waals surface area contributed by atoms with Crippen molar-refractivity contribution in [3.05, 3.63) is 30.3 Å². The molecule has 0 aliphatic carbocycles. The van der Waals surface area contributed by atoms with Crippen molar-refractivity contribution in [3.63, 3.8) is 0 Å². The van der Waals surface area contributed by atoms with E-state index in [1.807, 2.05) is 18.2 Å². The van der Waals surface area contributed by atoms with Gasteiger partial charge in [-0.1, -0.05) is 0 Å². The number of cyclic esters (lactones) is 1. The summed E-state index contributed by atoms with van der Waals surface area (Å²) in [5.74, 6) is 0.0105. The van der Waals surface area contributed by atoms with E-state index in [2.05, 4.69) is 12.1 Å². The van der Waals surface area contributed by atoms with Crippen molar-refractivity contribution >= 4 is 25.4 Å². The molecule has 1 fully saturated rings. The molecule has 80 valence electrons. The molecular formula is C12H14O2Se. The van der Waals surface area contributed by atoms with Gasteiger partial charge in [0.05, 0.1) is 0 Å². The molecule has 0 amide bonds. The van der Waals surface area contributed by atoms with Crippen LogP contribution in [0.25, 0.3) is 0 Å². The van der Waals surface area contributed by atoms with Crippen LogP contribution in [-0.4, -0.2) is 27.5 Å². The van der Waals surface area contributed by atoms with Crippen LogP contribution in [0.1, 0.15) is 19.3 Å². The average molecular weight is 269 g/mol. The first-order chi connectivity index (χ1) is 7.36. The van der Waals surface area contributed by atoms with Gasteiger partial charge in [-0.15, -0.1) is 0 Å². The monoisotopic (exact) mass is 270 g/mol. The summed E-state index contributed by atoms with van der Waals surface area (Å²) in [4.78, 5) is 11.7. The third-order valence-corrected chi connectivity index (χ3v) is 5.03. The van der Waals surface area contributed by atoms with Crippen molar-refractivity contribution in [1.82, 2.24) is 0 Å². The molecule has 1 saturated heterocycles. The summed E-state index contributed by atoms with van der Waals surface area (Å²) in [6.07, 6.45) is 3.13. The minimum absolute atomic E-state index is 0.0105. The zero-order valence-corrected chi connectivity index (χ0v) is 10.2. The van der Waals surface area contributed by atoms with E-state index >= 15 is 0 Å². The molecule has 3 heteroatoms. The first kappa shape index (κ1) is 10.7. The van der Waals surface area contributed by atoms with E-state index in [4.69, 9.17) is 4.74 Å². The van der Waals surface area contributed by atoms with E-state index in [1.165, 1.54) is 4.46 Å². The number of hydrogen-bond acceptors (Lipinski definition) is 2. The fourth-order valence-electron chi connectivity index (χ4n) is 1.59. The molecule has 0 aromatic heterocycles. The van der Waals surface area contributed by atoms with Gasteiger partial charge in [0, 0.05) is 0 Å². The van der Waals surface area contributed by atoms with Crippen molar-refractivity contribution in [1.29, 1.82) is 0 Å². The number of esters is 1. The van der Waals surface area contributed by atoms with Gasteiger partial charge in [0.25, 0.3) is 0 Å². The summed E-state index contributed by atoms with van der Waals surface area (Å²) < 4.78 is 6.45. The number of ether oxygens (including phenoxy) is 1. The number of carbonyl (C=O) groups excluding carboxylic acids is 1. The van der Waals surface area contributed by atoms with Gasteiger partial charge in [-0.2, -0.15) is 0 Å². The molecule has 1 unspecified atom stereocenters. The second kappa shape index (κ2) is 5.34. The summed E-state index contributed by atoms with van der Waals surface area (Å²) in [5.41, 5.74) is 0. The van der Waals surface area contributed by atoms with Gasteiger partial charge in [-0.25, -0.2) is 0 Å². The van der Waals surface area contributed by atoms with Gasteiger partial charge in [0.15, 0.2) is 0 Å². The third kappa shape index (κ3) is 3.08. The number of rotatable bonds is 2. The Balaban J connectivity index is 2.01. The zero-order valence-electron chi connectivity index (χ0n) is 8.52. The summed E-state index contributed by atoms with van der Waals surface area (Å²) in [6, 6.07) is 10.2. The van der Waals surface area contributed by atoms with Crippen molar-refractivity contribution in [2.24, 2.45) is 0 Å².